The van der Waals surface area contributed by atoms with Gasteiger partial charge < -0.3 is 19.5 Å². The van der Waals surface area contributed by atoms with E-state index in [9.17, 15) is 14.4 Å². The number of nitrogens with zero attached hydrogens (tertiary/aromatic N) is 2. The first-order valence-corrected chi connectivity index (χ1v) is 9.40. The highest BCUT2D eigenvalue weighted by Gasteiger charge is 2.17. The maximum Gasteiger partial charge on any atom is 0.331 e. The van der Waals surface area contributed by atoms with E-state index >= 15 is 0 Å². The fraction of sp³-hybridized carbons (Fsp3) is 0.316. The molecule has 0 spiro atoms. The molecule has 1 aromatic carbocycles. The van der Waals surface area contributed by atoms with Gasteiger partial charge in [0.25, 0.3) is 11.5 Å². The summed E-state index contributed by atoms with van der Waals surface area (Å²) in [6.07, 6.45) is 0. The van der Waals surface area contributed by atoms with Crippen molar-refractivity contribution < 1.29 is 19.0 Å². The van der Waals surface area contributed by atoms with E-state index in [1.807, 2.05) is 0 Å². The molecule has 0 radical (unpaired) electrons. The van der Waals surface area contributed by atoms with Gasteiger partial charge in [-0.3, -0.25) is 18.7 Å². The highest BCUT2D eigenvalue weighted by atomic mass is 32.1. The molecule has 1 amide bonds. The van der Waals surface area contributed by atoms with Crippen LogP contribution in [0.4, 0.5) is 0 Å². The molecule has 3 rings (SSSR count). The predicted molar refractivity (Wildman–Crippen MR) is 110 cm³/mol. The summed E-state index contributed by atoms with van der Waals surface area (Å²) in [5.41, 5.74) is -0.117. The van der Waals surface area contributed by atoms with Crippen molar-refractivity contribution in [3.8, 4) is 17.2 Å². The van der Waals surface area contributed by atoms with Crippen LogP contribution in [0, 0.1) is 0 Å². The van der Waals surface area contributed by atoms with Crippen LogP contribution >= 0.6 is 11.3 Å². The largest absolute Gasteiger partial charge is 0.493 e. The number of hydrogen-bond donors (Lipinski definition) is 1. The summed E-state index contributed by atoms with van der Waals surface area (Å²) in [5.74, 6) is 1.08. The van der Waals surface area contributed by atoms with Gasteiger partial charge in [-0.1, -0.05) is 0 Å². The summed E-state index contributed by atoms with van der Waals surface area (Å²) in [5, 5.41) is 3.14. The van der Waals surface area contributed by atoms with E-state index in [1.165, 1.54) is 39.0 Å². The Balaban J connectivity index is 1.88. The van der Waals surface area contributed by atoms with Crippen LogP contribution in [0.15, 0.2) is 27.8 Å². The normalized spacial score (nSPS) is 10.8. The lowest BCUT2D eigenvalue weighted by Gasteiger charge is -2.14. The van der Waals surface area contributed by atoms with Crippen LogP contribution in [0.25, 0.3) is 10.2 Å². The minimum Gasteiger partial charge on any atom is -0.493 e. The van der Waals surface area contributed by atoms with E-state index in [0.717, 1.165) is 21.5 Å². The predicted octanol–water partition coefficient (Wildman–Crippen LogP) is 1.25. The van der Waals surface area contributed by atoms with Gasteiger partial charge >= 0.3 is 5.69 Å². The highest BCUT2D eigenvalue weighted by Crippen LogP contribution is 2.38. The van der Waals surface area contributed by atoms with Gasteiger partial charge in [-0.25, -0.2) is 4.79 Å². The number of thiophene rings is 1. The minimum absolute atomic E-state index is 0.209. The molecule has 1 N–H and O–H groups in total. The van der Waals surface area contributed by atoms with Crippen molar-refractivity contribution in [2.24, 2.45) is 14.1 Å². The number of hydrogen-bond acceptors (Lipinski definition) is 7. The number of aryl methyl sites for hydroxylation is 1. The summed E-state index contributed by atoms with van der Waals surface area (Å²) in [6.45, 7) is 0.209. The number of nitrogens with one attached hydrogen (secondary N) is 1. The maximum atomic E-state index is 12.6. The Bertz CT molecular complexity index is 1180. The molecule has 0 saturated carbocycles. The standard InChI is InChI=1S/C19H21N3O6S/c1-21-17(24)11-8-14(29-18(11)22(2)19(21)25)16(23)20-9-10-6-12(26-3)15(28-5)13(7-10)27-4/h6-8H,9H2,1-5H3,(H,20,23). The van der Waals surface area contributed by atoms with Gasteiger partial charge in [0.05, 0.1) is 31.6 Å². The Morgan fingerprint density at radius 2 is 1.62 bits per heavy atom. The topological polar surface area (TPSA) is 101 Å². The van der Waals surface area contributed by atoms with Gasteiger partial charge in [-0.15, -0.1) is 11.3 Å². The average Bonchev–Trinajstić information content (AvgIpc) is 3.19. The molecule has 154 valence electrons. The first-order valence-electron chi connectivity index (χ1n) is 8.59. The molecule has 0 atom stereocenters. The van der Waals surface area contributed by atoms with Crippen molar-refractivity contribution in [2.45, 2.75) is 6.54 Å². The average molecular weight is 419 g/mol. The van der Waals surface area contributed by atoms with Crippen molar-refractivity contribution >= 4 is 27.5 Å². The number of rotatable bonds is 6. The van der Waals surface area contributed by atoms with Crippen LogP contribution in [0.3, 0.4) is 0 Å². The van der Waals surface area contributed by atoms with Crippen molar-refractivity contribution in [2.75, 3.05) is 21.3 Å². The lowest BCUT2D eigenvalue weighted by molar-refractivity contribution is 0.0955. The zero-order valence-corrected chi connectivity index (χ0v) is 17.5. The smallest absolute Gasteiger partial charge is 0.331 e. The molecule has 2 heterocycles. The zero-order valence-electron chi connectivity index (χ0n) is 16.7. The van der Waals surface area contributed by atoms with Crippen LogP contribution in [0.1, 0.15) is 15.2 Å². The van der Waals surface area contributed by atoms with Crippen molar-refractivity contribution in [1.29, 1.82) is 0 Å². The monoisotopic (exact) mass is 419 g/mol. The lowest BCUT2D eigenvalue weighted by Crippen LogP contribution is -2.36. The number of methoxy groups -OCH3 is 3. The first kappa shape index (κ1) is 20.5. The molecule has 0 aliphatic rings. The molecule has 0 unspecified atom stereocenters. The van der Waals surface area contributed by atoms with E-state index < -0.39 is 11.2 Å². The molecule has 29 heavy (non-hydrogen) atoms. The molecule has 3 aromatic rings. The summed E-state index contributed by atoms with van der Waals surface area (Å²) in [7, 11) is 7.52. The van der Waals surface area contributed by atoms with Gasteiger partial charge in [-0.2, -0.15) is 0 Å². The number of ether oxygens (including phenoxy) is 3. The second-order valence-corrected chi connectivity index (χ2v) is 7.28. The third-order valence-electron chi connectivity index (χ3n) is 4.53. The van der Waals surface area contributed by atoms with E-state index in [4.69, 9.17) is 14.2 Å². The molecule has 0 bridgehead atoms. The van der Waals surface area contributed by atoms with Crippen molar-refractivity contribution in [1.82, 2.24) is 14.5 Å². The molecule has 0 fully saturated rings. The molecule has 0 aliphatic heterocycles. The van der Waals surface area contributed by atoms with Crippen LogP contribution in [0.5, 0.6) is 17.2 Å². The summed E-state index contributed by atoms with van der Waals surface area (Å²) >= 11 is 1.09. The summed E-state index contributed by atoms with van der Waals surface area (Å²) in [4.78, 5) is 37.8. The maximum absolute atomic E-state index is 12.6. The third-order valence-corrected chi connectivity index (χ3v) is 5.74. The second kappa shape index (κ2) is 8.00. The van der Waals surface area contributed by atoms with Gasteiger partial charge in [0, 0.05) is 20.6 Å². The fourth-order valence-corrected chi connectivity index (χ4v) is 4.00. The Morgan fingerprint density at radius 1 is 1.00 bits per heavy atom. The minimum atomic E-state index is -0.436. The molecular formula is C19H21N3O6S. The Morgan fingerprint density at radius 3 is 2.17 bits per heavy atom. The number of carbonyl (C=O) groups excluding carboxylic acids is 1. The number of benzene rings is 1. The van der Waals surface area contributed by atoms with Crippen molar-refractivity contribution in [3.05, 3.63) is 49.5 Å². The Labute approximate surface area is 170 Å². The van der Waals surface area contributed by atoms with Gasteiger partial charge in [0.2, 0.25) is 5.75 Å². The van der Waals surface area contributed by atoms with Crippen LogP contribution in [-0.2, 0) is 20.6 Å². The molecular weight excluding hydrogens is 398 g/mol. The molecule has 0 aliphatic carbocycles. The summed E-state index contributed by atoms with van der Waals surface area (Å²) in [6, 6.07) is 4.99. The van der Waals surface area contributed by atoms with E-state index in [1.54, 1.807) is 19.2 Å². The summed E-state index contributed by atoms with van der Waals surface area (Å²) < 4.78 is 18.3. The number of aromatic nitrogens is 2. The molecule has 10 heteroatoms. The zero-order chi connectivity index (χ0) is 21.3. The quantitative estimate of drug-likeness (QED) is 0.646. The lowest BCUT2D eigenvalue weighted by atomic mass is 10.1. The number of fused-ring (bicyclic) bond motifs is 1. The van der Waals surface area contributed by atoms with Crippen LogP contribution in [-0.4, -0.2) is 36.4 Å². The fourth-order valence-electron chi connectivity index (χ4n) is 2.98. The van der Waals surface area contributed by atoms with Gasteiger partial charge in [-0.05, 0) is 23.8 Å². The van der Waals surface area contributed by atoms with Crippen molar-refractivity contribution in [3.63, 3.8) is 0 Å². The van der Waals surface area contributed by atoms with Crippen LogP contribution in [0.2, 0.25) is 0 Å². The Hall–Kier alpha value is -3.27. The molecule has 0 saturated heterocycles. The highest BCUT2D eigenvalue weighted by molar-refractivity contribution is 7.20. The second-order valence-electron chi connectivity index (χ2n) is 6.25. The number of amides is 1. The van der Waals surface area contributed by atoms with Crippen LogP contribution < -0.4 is 30.8 Å². The Kier molecular flexibility index (Phi) is 5.64. The van der Waals surface area contributed by atoms with Gasteiger partial charge in [0.1, 0.15) is 4.83 Å². The number of carbonyl (C=O) groups is 1. The van der Waals surface area contributed by atoms with E-state index in [-0.39, 0.29) is 12.5 Å². The van der Waals surface area contributed by atoms with E-state index in [0.29, 0.717) is 32.3 Å². The first-order chi connectivity index (χ1) is 13.8. The third kappa shape index (κ3) is 3.58. The molecule has 9 nitrogen and oxygen atoms in total. The van der Waals surface area contributed by atoms with Gasteiger partial charge in [0.15, 0.2) is 11.5 Å². The SMILES string of the molecule is COc1cc(CNC(=O)c2cc3c(=O)n(C)c(=O)n(C)c3s2)cc(OC)c1OC. The van der Waals surface area contributed by atoms with E-state index in [2.05, 4.69) is 5.32 Å². The molecule has 2 aromatic heterocycles.